The molecular formula is C35H38ClFN6O4. The number of fused-ring (bicyclic) bond motifs is 7. The minimum atomic E-state index is -0.513. The van der Waals surface area contributed by atoms with Crippen LogP contribution in [0.3, 0.4) is 0 Å². The summed E-state index contributed by atoms with van der Waals surface area (Å²) in [5.74, 6) is 0.328. The number of hydrogen-bond acceptors (Lipinski definition) is 7. The predicted octanol–water partition coefficient (Wildman–Crippen LogP) is 5.30. The summed E-state index contributed by atoms with van der Waals surface area (Å²) in [6.45, 7) is 1.28. The molecule has 1 saturated carbocycles. The average Bonchev–Trinajstić information content (AvgIpc) is 3.56. The van der Waals surface area contributed by atoms with Crippen LogP contribution in [0.1, 0.15) is 76.9 Å². The van der Waals surface area contributed by atoms with Gasteiger partial charge in [-0.3, -0.25) is 9.59 Å². The molecule has 1 fully saturated rings. The molecule has 4 heterocycles. The van der Waals surface area contributed by atoms with Gasteiger partial charge in [-0.05, 0) is 97.2 Å². The first-order valence-electron chi connectivity index (χ1n) is 16.0. The van der Waals surface area contributed by atoms with Gasteiger partial charge in [-0.25, -0.2) is 9.07 Å². The van der Waals surface area contributed by atoms with Gasteiger partial charge >= 0.3 is 0 Å². The van der Waals surface area contributed by atoms with Crippen LogP contribution in [0.5, 0.6) is 17.2 Å². The number of carbonyl (C=O) groups is 2. The second-order valence-corrected chi connectivity index (χ2v) is 12.3. The summed E-state index contributed by atoms with van der Waals surface area (Å²) in [4.78, 5) is 28.5. The van der Waals surface area contributed by atoms with E-state index in [0.717, 1.165) is 42.4 Å². The number of nitrogens with zero attached hydrogens (tertiary/aromatic N) is 4. The zero-order valence-corrected chi connectivity index (χ0v) is 26.8. The van der Waals surface area contributed by atoms with Crippen LogP contribution >= 0.6 is 12.4 Å². The van der Waals surface area contributed by atoms with E-state index >= 15 is 0 Å². The van der Waals surface area contributed by atoms with Crippen molar-refractivity contribution in [2.24, 2.45) is 5.73 Å². The third-order valence-corrected chi connectivity index (χ3v) is 9.12. The van der Waals surface area contributed by atoms with Crippen LogP contribution in [0, 0.1) is 5.82 Å². The fourth-order valence-electron chi connectivity index (χ4n) is 6.69. The molecule has 12 heteroatoms. The lowest BCUT2D eigenvalue weighted by Crippen LogP contribution is -2.40. The molecule has 1 atom stereocenters. The summed E-state index contributed by atoms with van der Waals surface area (Å²) in [7, 11) is 0. The molecule has 3 aromatic carbocycles. The van der Waals surface area contributed by atoms with Crippen LogP contribution in [-0.2, 0) is 17.6 Å². The second kappa shape index (κ2) is 14.1. The predicted molar refractivity (Wildman–Crippen MR) is 176 cm³/mol. The Kier molecular flexibility index (Phi) is 9.74. The fourth-order valence-corrected chi connectivity index (χ4v) is 6.69. The van der Waals surface area contributed by atoms with Crippen molar-refractivity contribution in [1.29, 1.82) is 0 Å². The SMILES string of the molecule is Cl.NC1CCC(n2cc(C(=O)N3CCc4cc5ccc4C3c3cccc(c3)OCCCNC(=O)Cc3ccc(F)c(c3)O5)nn2)CC1. The number of amides is 2. The molecule has 1 aromatic heterocycles. The maximum Gasteiger partial charge on any atom is 0.276 e. The maximum atomic E-state index is 14.8. The van der Waals surface area contributed by atoms with Crippen molar-refractivity contribution in [2.45, 2.75) is 63.1 Å². The highest BCUT2D eigenvalue weighted by Crippen LogP contribution is 2.39. The van der Waals surface area contributed by atoms with Gasteiger partial charge in [-0.1, -0.05) is 29.5 Å². The first-order valence-corrected chi connectivity index (χ1v) is 16.0. The van der Waals surface area contributed by atoms with Crippen molar-refractivity contribution in [3.05, 3.63) is 101 Å². The van der Waals surface area contributed by atoms with E-state index in [0.29, 0.717) is 55.3 Å². The molecule has 8 bridgehead atoms. The van der Waals surface area contributed by atoms with Crippen molar-refractivity contribution >= 4 is 24.2 Å². The third kappa shape index (κ3) is 7.11. The zero-order chi connectivity index (χ0) is 31.6. The topological polar surface area (TPSA) is 125 Å². The first-order chi connectivity index (χ1) is 22.4. The number of rotatable bonds is 2. The highest BCUT2D eigenvalue weighted by Gasteiger charge is 2.35. The molecule has 47 heavy (non-hydrogen) atoms. The van der Waals surface area contributed by atoms with Crippen molar-refractivity contribution in [1.82, 2.24) is 25.2 Å². The Morgan fingerprint density at radius 2 is 1.87 bits per heavy atom. The monoisotopic (exact) mass is 660 g/mol. The number of hydrogen-bond donors (Lipinski definition) is 2. The lowest BCUT2D eigenvalue weighted by Gasteiger charge is -2.37. The summed E-state index contributed by atoms with van der Waals surface area (Å²) in [6, 6.07) is 17.8. The van der Waals surface area contributed by atoms with Gasteiger partial charge in [0, 0.05) is 19.1 Å². The van der Waals surface area contributed by atoms with Gasteiger partial charge in [-0.15, -0.1) is 17.5 Å². The van der Waals surface area contributed by atoms with Gasteiger partial charge in [0.05, 0.1) is 31.3 Å². The highest BCUT2D eigenvalue weighted by atomic mass is 35.5. The number of nitrogens with one attached hydrogen (secondary N) is 1. The Labute approximate surface area is 278 Å². The van der Waals surface area contributed by atoms with Gasteiger partial charge < -0.3 is 25.4 Å². The van der Waals surface area contributed by atoms with Crippen molar-refractivity contribution in [3.63, 3.8) is 0 Å². The number of halogens is 2. The summed E-state index contributed by atoms with van der Waals surface area (Å²) in [5, 5.41) is 11.6. The van der Waals surface area contributed by atoms with Crippen LogP contribution < -0.4 is 20.5 Å². The molecule has 1 aliphatic carbocycles. The Hall–Kier alpha value is -4.48. The number of benzene rings is 3. The van der Waals surface area contributed by atoms with Gasteiger partial charge in [0.1, 0.15) is 11.5 Å². The van der Waals surface area contributed by atoms with Gasteiger partial charge in [0.15, 0.2) is 17.3 Å². The van der Waals surface area contributed by atoms with Crippen molar-refractivity contribution in [3.8, 4) is 17.2 Å². The highest BCUT2D eigenvalue weighted by molar-refractivity contribution is 5.92. The molecule has 0 saturated heterocycles. The van der Waals surface area contributed by atoms with Crippen LogP contribution in [0.25, 0.3) is 0 Å². The summed E-state index contributed by atoms with van der Waals surface area (Å²) in [6.07, 6.45) is 6.73. The summed E-state index contributed by atoms with van der Waals surface area (Å²) in [5.41, 5.74) is 9.88. The van der Waals surface area contributed by atoms with E-state index in [1.807, 2.05) is 46.0 Å². The fraction of sp³-hybridized carbons (Fsp3) is 0.371. The molecule has 4 aliphatic rings. The van der Waals surface area contributed by atoms with Crippen LogP contribution in [0.4, 0.5) is 4.39 Å². The molecule has 10 nitrogen and oxygen atoms in total. The van der Waals surface area contributed by atoms with Gasteiger partial charge in [0.25, 0.3) is 5.91 Å². The number of ether oxygens (including phenoxy) is 2. The Morgan fingerprint density at radius 1 is 1.02 bits per heavy atom. The minimum Gasteiger partial charge on any atom is -0.494 e. The Bertz CT molecular complexity index is 1760. The van der Waals surface area contributed by atoms with E-state index in [1.54, 1.807) is 24.4 Å². The van der Waals surface area contributed by atoms with Crippen molar-refractivity contribution in [2.75, 3.05) is 19.7 Å². The molecule has 3 N–H and O–H groups in total. The van der Waals surface area contributed by atoms with Crippen molar-refractivity contribution < 1.29 is 23.5 Å². The quantitative estimate of drug-likeness (QED) is 0.299. The smallest absolute Gasteiger partial charge is 0.276 e. The zero-order valence-electron chi connectivity index (χ0n) is 25.9. The molecule has 246 valence electrons. The Morgan fingerprint density at radius 3 is 2.72 bits per heavy atom. The molecule has 8 rings (SSSR count). The van der Waals surface area contributed by atoms with E-state index in [-0.39, 0.29) is 48.5 Å². The lowest BCUT2D eigenvalue weighted by molar-refractivity contribution is -0.120. The summed E-state index contributed by atoms with van der Waals surface area (Å²) < 4.78 is 28.7. The standard InChI is InChI=1S/C35H37FN6O4.ClH/c36-30-12-5-22-17-32(30)46-28-10-11-29-23(19-28)13-15-41(35(44)31-21-42(40-39-31)26-8-6-25(37)7-9-26)34(29)24-3-1-4-27(20-24)45-16-2-14-38-33(43)18-22;/h1,3-5,10-12,17,19-21,25-26,34H,2,6-9,13-16,18,37H2,(H,38,43);1H. The van der Waals surface area contributed by atoms with Gasteiger partial charge in [0.2, 0.25) is 5.91 Å². The maximum absolute atomic E-state index is 14.8. The van der Waals surface area contributed by atoms with Crippen LogP contribution in [0.15, 0.2) is 66.9 Å². The number of aromatic nitrogens is 3. The van der Waals surface area contributed by atoms with Gasteiger partial charge in [-0.2, -0.15) is 0 Å². The Balaban J connectivity index is 0.00000386. The molecule has 1 unspecified atom stereocenters. The minimum absolute atomic E-state index is 0. The molecular weight excluding hydrogens is 623 g/mol. The summed E-state index contributed by atoms with van der Waals surface area (Å²) >= 11 is 0. The molecule has 0 spiro atoms. The number of nitrogens with two attached hydrogens (primary N) is 1. The molecule has 3 aliphatic heterocycles. The molecule has 4 aromatic rings. The van der Waals surface area contributed by atoms with E-state index in [4.69, 9.17) is 15.2 Å². The van der Waals surface area contributed by atoms with Crippen LogP contribution in [-0.4, -0.2) is 57.4 Å². The average molecular weight is 661 g/mol. The third-order valence-electron chi connectivity index (χ3n) is 9.12. The lowest BCUT2D eigenvalue weighted by atomic mass is 9.87. The van der Waals surface area contributed by atoms with E-state index in [2.05, 4.69) is 15.6 Å². The largest absolute Gasteiger partial charge is 0.494 e. The van der Waals surface area contributed by atoms with E-state index in [1.165, 1.54) is 6.07 Å². The second-order valence-electron chi connectivity index (χ2n) is 12.3. The molecule has 2 amide bonds. The first kappa shape index (κ1) is 32.5. The normalized spacial score (nSPS) is 21.2. The van der Waals surface area contributed by atoms with Crippen LogP contribution in [0.2, 0.25) is 0 Å². The number of carbonyl (C=O) groups excluding carboxylic acids is 2. The van der Waals surface area contributed by atoms with E-state index in [9.17, 15) is 14.0 Å². The van der Waals surface area contributed by atoms with E-state index < -0.39 is 11.9 Å². The molecule has 0 radical (unpaired) electrons.